The Morgan fingerprint density at radius 1 is 1.19 bits per heavy atom. The van der Waals surface area contributed by atoms with Gasteiger partial charge in [-0.2, -0.15) is 0 Å². The number of likely N-dealkylation sites (tertiary alicyclic amines) is 1. The van der Waals surface area contributed by atoms with E-state index in [1.54, 1.807) is 39.8 Å². The van der Waals surface area contributed by atoms with Crippen LogP contribution in [0, 0.1) is 18.8 Å². The molecule has 2 bridgehead atoms. The molecule has 0 aliphatic carbocycles. The number of carbonyl (C=O) groups excluding carboxylic acids is 3. The van der Waals surface area contributed by atoms with E-state index in [-0.39, 0.29) is 41.0 Å². The van der Waals surface area contributed by atoms with Crippen LogP contribution in [-0.2, 0) is 14.4 Å². The molecule has 10 heteroatoms. The topological polar surface area (TPSA) is 81.2 Å². The molecule has 0 radical (unpaired) electrons. The first-order chi connectivity index (χ1) is 20.2. The molecular formula is C32H43BrClN3O4S. The highest BCUT2D eigenvalue weighted by Gasteiger charge is 2.76. The molecule has 3 heterocycles. The van der Waals surface area contributed by atoms with Crippen LogP contribution in [-0.4, -0.2) is 86.3 Å². The molecule has 0 saturated carbocycles. The molecule has 1 aromatic carbocycles. The van der Waals surface area contributed by atoms with Crippen LogP contribution in [0.1, 0.15) is 51.0 Å². The second kappa shape index (κ2) is 14.3. The number of hydrogen-bond donors (Lipinski definition) is 1. The van der Waals surface area contributed by atoms with Crippen molar-refractivity contribution in [2.24, 2.45) is 11.8 Å². The van der Waals surface area contributed by atoms with Crippen LogP contribution in [0.25, 0.3) is 0 Å². The summed E-state index contributed by atoms with van der Waals surface area (Å²) >= 11 is 12.2. The lowest BCUT2D eigenvalue weighted by atomic mass is 9.70. The van der Waals surface area contributed by atoms with Gasteiger partial charge in [0.2, 0.25) is 11.8 Å². The molecule has 7 nitrogen and oxygen atoms in total. The van der Waals surface area contributed by atoms with Gasteiger partial charge in [-0.3, -0.25) is 14.4 Å². The standard InChI is InChI=1S/C32H43BrClN3O4S/c1-5-15-35(16-6-2)29(39)24-25-30(40)37(18-10-8-9-11-19-38)28(32(25)20-22(33)27(24)42-32)31(41)36(17-7-3)26-21(4)13-12-14-23(26)34/h5,7,12-14,22,24-25,27-28,38H,1,3,6,8-11,15-20H2,2,4H3/t22?,24-,25-,27-,28?,32?/m0/s1. The highest BCUT2D eigenvalue weighted by atomic mass is 79.9. The van der Waals surface area contributed by atoms with Gasteiger partial charge >= 0.3 is 0 Å². The minimum Gasteiger partial charge on any atom is -0.396 e. The molecule has 0 aromatic heterocycles. The van der Waals surface area contributed by atoms with Gasteiger partial charge in [-0.15, -0.1) is 24.9 Å². The molecule has 230 valence electrons. The van der Waals surface area contributed by atoms with Gasteiger partial charge in [0.25, 0.3) is 5.91 Å². The van der Waals surface area contributed by atoms with Gasteiger partial charge in [-0.25, -0.2) is 0 Å². The van der Waals surface area contributed by atoms with Crippen molar-refractivity contribution >= 4 is 62.7 Å². The van der Waals surface area contributed by atoms with Crippen molar-refractivity contribution in [3.8, 4) is 0 Å². The molecule has 4 rings (SSSR count). The number of aliphatic hydroxyl groups is 1. The van der Waals surface area contributed by atoms with Crippen LogP contribution in [0.4, 0.5) is 5.69 Å². The zero-order valence-corrected chi connectivity index (χ0v) is 27.8. The Kier molecular flexibility index (Phi) is 11.3. The third kappa shape index (κ3) is 5.95. The van der Waals surface area contributed by atoms with Crippen LogP contribution < -0.4 is 4.90 Å². The van der Waals surface area contributed by atoms with Gasteiger partial charge < -0.3 is 19.8 Å². The number of fused-ring (bicyclic) bond motifs is 1. The number of para-hydroxylation sites is 1. The number of rotatable bonds is 15. The number of benzene rings is 1. The smallest absolute Gasteiger partial charge is 0.251 e. The summed E-state index contributed by atoms with van der Waals surface area (Å²) in [5, 5.41) is 9.58. The molecular weight excluding hydrogens is 638 g/mol. The molecule has 3 unspecified atom stereocenters. The summed E-state index contributed by atoms with van der Waals surface area (Å²) in [6, 6.07) is 4.81. The largest absolute Gasteiger partial charge is 0.396 e. The predicted octanol–water partition coefficient (Wildman–Crippen LogP) is 5.61. The van der Waals surface area contributed by atoms with Crippen LogP contribution >= 0.6 is 39.3 Å². The van der Waals surface area contributed by atoms with Gasteiger partial charge in [-0.05, 0) is 44.2 Å². The Balaban J connectivity index is 1.78. The number of thioether (sulfide) groups is 1. The number of unbranched alkanes of at least 4 members (excludes halogenated alkanes) is 3. The van der Waals surface area contributed by atoms with Gasteiger partial charge in [0.05, 0.1) is 27.3 Å². The van der Waals surface area contributed by atoms with Gasteiger partial charge in [-0.1, -0.05) is 71.6 Å². The maximum Gasteiger partial charge on any atom is 0.251 e. The van der Waals surface area contributed by atoms with Crippen molar-refractivity contribution < 1.29 is 19.5 Å². The zero-order valence-electron chi connectivity index (χ0n) is 24.6. The van der Waals surface area contributed by atoms with E-state index in [0.717, 1.165) is 24.8 Å². The number of nitrogens with zero attached hydrogens (tertiary/aromatic N) is 3. The van der Waals surface area contributed by atoms with E-state index >= 15 is 0 Å². The van der Waals surface area contributed by atoms with Crippen molar-refractivity contribution in [1.29, 1.82) is 0 Å². The van der Waals surface area contributed by atoms with E-state index in [9.17, 15) is 19.5 Å². The SMILES string of the molecule is C=CCN(CCC)C(=O)[C@H]1[C@H]2C(=O)N(CCCCCCO)C(C(=O)N(CC=C)c3c(C)cccc3Cl)C23CC(Br)[C@@H]1S3. The quantitative estimate of drug-likeness (QED) is 0.148. The summed E-state index contributed by atoms with van der Waals surface area (Å²) in [7, 11) is 0. The number of halogens is 2. The minimum absolute atomic E-state index is 0.00224. The number of aliphatic hydroxyl groups excluding tert-OH is 1. The van der Waals surface area contributed by atoms with Gasteiger partial charge in [0.15, 0.2) is 0 Å². The third-order valence-electron chi connectivity index (χ3n) is 8.81. The summed E-state index contributed by atoms with van der Waals surface area (Å²) in [6.07, 6.45) is 7.96. The van der Waals surface area contributed by atoms with E-state index in [4.69, 9.17) is 11.6 Å². The van der Waals surface area contributed by atoms with Crippen LogP contribution in [0.2, 0.25) is 5.02 Å². The van der Waals surface area contributed by atoms with E-state index < -0.39 is 22.6 Å². The first-order valence-corrected chi connectivity index (χ1v) is 17.2. The van der Waals surface area contributed by atoms with Crippen LogP contribution in [0.5, 0.6) is 0 Å². The number of aryl methyl sites for hydroxylation is 1. The fourth-order valence-electron chi connectivity index (χ4n) is 7.14. The minimum atomic E-state index is -0.740. The summed E-state index contributed by atoms with van der Waals surface area (Å²) in [5.74, 6) is -1.42. The Morgan fingerprint density at radius 3 is 2.55 bits per heavy atom. The second-order valence-electron chi connectivity index (χ2n) is 11.5. The maximum atomic E-state index is 14.8. The number of carbonyl (C=O) groups is 3. The molecule has 3 aliphatic heterocycles. The first-order valence-electron chi connectivity index (χ1n) is 15.0. The maximum absolute atomic E-state index is 14.8. The monoisotopic (exact) mass is 679 g/mol. The average molecular weight is 681 g/mol. The molecule has 3 aliphatic rings. The molecule has 42 heavy (non-hydrogen) atoms. The molecule has 3 fully saturated rings. The molecule has 3 amide bonds. The number of hydrogen-bond acceptors (Lipinski definition) is 5. The lowest BCUT2D eigenvalue weighted by Crippen LogP contribution is -2.56. The predicted molar refractivity (Wildman–Crippen MR) is 175 cm³/mol. The van der Waals surface area contributed by atoms with Gasteiger partial charge in [0.1, 0.15) is 6.04 Å². The Labute approximate surface area is 267 Å². The molecule has 1 aromatic rings. The van der Waals surface area contributed by atoms with Crippen molar-refractivity contribution in [2.75, 3.05) is 37.7 Å². The molecule has 1 spiro atoms. The Hall–Kier alpha value is -1.81. The highest BCUT2D eigenvalue weighted by molar-refractivity contribution is 9.09. The molecule has 1 N–H and O–H groups in total. The molecule has 3 saturated heterocycles. The van der Waals surface area contributed by atoms with Crippen LogP contribution in [0.3, 0.4) is 0 Å². The normalized spacial score (nSPS) is 27.7. The third-order valence-corrected chi connectivity index (χ3v) is 12.3. The van der Waals surface area contributed by atoms with E-state index in [2.05, 4.69) is 29.1 Å². The van der Waals surface area contributed by atoms with Crippen molar-refractivity contribution in [3.05, 3.63) is 54.1 Å². The fraction of sp³-hybridized carbons (Fsp3) is 0.594. The van der Waals surface area contributed by atoms with Crippen LogP contribution in [0.15, 0.2) is 43.5 Å². The summed E-state index contributed by atoms with van der Waals surface area (Å²) in [5.41, 5.74) is 1.49. The zero-order chi connectivity index (χ0) is 30.6. The lowest BCUT2D eigenvalue weighted by molar-refractivity contribution is -0.143. The van der Waals surface area contributed by atoms with Gasteiger partial charge in [0, 0.05) is 42.9 Å². The summed E-state index contributed by atoms with van der Waals surface area (Å²) < 4.78 is -0.737. The highest BCUT2D eigenvalue weighted by Crippen LogP contribution is 2.68. The number of alkyl halides is 1. The molecule has 6 atom stereocenters. The Morgan fingerprint density at radius 2 is 1.90 bits per heavy atom. The van der Waals surface area contributed by atoms with Crippen molar-refractivity contribution in [1.82, 2.24) is 9.80 Å². The van der Waals surface area contributed by atoms with E-state index in [1.165, 1.54) is 0 Å². The number of amides is 3. The van der Waals surface area contributed by atoms with Crippen molar-refractivity contribution in [3.63, 3.8) is 0 Å². The second-order valence-corrected chi connectivity index (χ2v) is 14.7. The Bertz CT molecular complexity index is 1180. The summed E-state index contributed by atoms with van der Waals surface area (Å²) in [4.78, 5) is 48.7. The lowest BCUT2D eigenvalue weighted by Gasteiger charge is -2.39. The average Bonchev–Trinajstić information content (AvgIpc) is 3.54. The van der Waals surface area contributed by atoms with Crippen molar-refractivity contribution in [2.45, 2.75) is 73.2 Å². The fourth-order valence-corrected chi connectivity index (χ4v) is 11.1. The van der Waals surface area contributed by atoms with E-state index in [1.807, 2.05) is 30.9 Å². The number of anilines is 1. The van der Waals surface area contributed by atoms with E-state index in [0.29, 0.717) is 49.6 Å². The first kappa shape index (κ1) is 33.1. The summed E-state index contributed by atoms with van der Waals surface area (Å²) in [6.45, 7) is 13.5.